The summed E-state index contributed by atoms with van der Waals surface area (Å²) in [6.45, 7) is 3.70. The van der Waals surface area contributed by atoms with Crippen molar-refractivity contribution in [1.29, 1.82) is 10.8 Å². The Morgan fingerprint density at radius 2 is 1.87 bits per heavy atom. The van der Waals surface area contributed by atoms with Crippen LogP contribution in [0.25, 0.3) is 27.9 Å². The van der Waals surface area contributed by atoms with Gasteiger partial charge in [0.25, 0.3) is 0 Å². The standard InChI is InChI=1S/C23H20N6O/c1-15(24)17-7-8-18-20(13-17)27-12-11-21(18)30-14-23(26)29-22(25)10-9-19(28-29)16-5-3-2-4-6-16/h2-13,25-26H,1,14,24H2. The lowest BCUT2D eigenvalue weighted by atomic mass is 10.1. The molecule has 148 valence electrons. The van der Waals surface area contributed by atoms with Crippen molar-refractivity contribution >= 4 is 22.4 Å². The molecule has 2 aromatic heterocycles. The van der Waals surface area contributed by atoms with Crippen LogP contribution in [-0.4, -0.2) is 27.2 Å². The largest absolute Gasteiger partial charge is 0.485 e. The van der Waals surface area contributed by atoms with Gasteiger partial charge in [-0.3, -0.25) is 15.8 Å². The number of hydrogen-bond donors (Lipinski definition) is 3. The second kappa shape index (κ2) is 8.00. The van der Waals surface area contributed by atoms with Gasteiger partial charge in [-0.15, -0.1) is 0 Å². The van der Waals surface area contributed by atoms with Gasteiger partial charge in [0.05, 0.1) is 11.2 Å². The van der Waals surface area contributed by atoms with Gasteiger partial charge >= 0.3 is 0 Å². The molecular weight excluding hydrogens is 376 g/mol. The fourth-order valence-corrected chi connectivity index (χ4v) is 3.05. The van der Waals surface area contributed by atoms with E-state index in [1.165, 1.54) is 4.68 Å². The summed E-state index contributed by atoms with van der Waals surface area (Å²) in [4.78, 5) is 4.35. The number of nitrogens with two attached hydrogens (primary N) is 1. The zero-order valence-electron chi connectivity index (χ0n) is 16.2. The molecule has 0 atom stereocenters. The van der Waals surface area contributed by atoms with Gasteiger partial charge in [-0.25, -0.2) is 0 Å². The Morgan fingerprint density at radius 1 is 1.07 bits per heavy atom. The van der Waals surface area contributed by atoms with Gasteiger partial charge in [-0.2, -0.15) is 9.78 Å². The molecule has 0 aliphatic carbocycles. The molecule has 0 aliphatic rings. The van der Waals surface area contributed by atoms with Crippen LogP contribution in [0.15, 0.2) is 79.5 Å². The van der Waals surface area contributed by atoms with Gasteiger partial charge < -0.3 is 10.5 Å². The first-order chi connectivity index (χ1) is 14.5. The minimum atomic E-state index is -0.0494. The molecule has 4 aromatic rings. The van der Waals surface area contributed by atoms with E-state index in [4.69, 9.17) is 21.3 Å². The number of hydrogen-bond acceptors (Lipinski definition) is 6. The van der Waals surface area contributed by atoms with Crippen LogP contribution in [0.3, 0.4) is 0 Å². The van der Waals surface area contributed by atoms with Crippen molar-refractivity contribution in [2.45, 2.75) is 0 Å². The van der Waals surface area contributed by atoms with Crippen LogP contribution in [0.5, 0.6) is 5.75 Å². The predicted molar refractivity (Wildman–Crippen MR) is 117 cm³/mol. The maximum absolute atomic E-state index is 8.39. The number of nitrogens with one attached hydrogen (secondary N) is 2. The monoisotopic (exact) mass is 396 g/mol. The topological polar surface area (TPSA) is 114 Å². The van der Waals surface area contributed by atoms with Gasteiger partial charge in [0, 0.05) is 22.8 Å². The minimum Gasteiger partial charge on any atom is -0.485 e. The van der Waals surface area contributed by atoms with Crippen molar-refractivity contribution in [1.82, 2.24) is 14.8 Å². The molecule has 0 saturated carbocycles. The van der Waals surface area contributed by atoms with E-state index in [-0.39, 0.29) is 17.9 Å². The molecule has 0 radical (unpaired) electrons. The zero-order chi connectivity index (χ0) is 21.1. The smallest absolute Gasteiger partial charge is 0.162 e. The van der Waals surface area contributed by atoms with E-state index in [1.807, 2.05) is 48.5 Å². The normalized spacial score (nSPS) is 10.7. The summed E-state index contributed by atoms with van der Waals surface area (Å²) < 4.78 is 7.14. The summed E-state index contributed by atoms with van der Waals surface area (Å²) in [6.07, 6.45) is 1.64. The Labute approximate surface area is 173 Å². The molecule has 2 heterocycles. The first-order valence-corrected chi connectivity index (χ1v) is 9.27. The molecule has 0 aliphatic heterocycles. The third-order valence-electron chi connectivity index (χ3n) is 4.60. The maximum Gasteiger partial charge on any atom is 0.162 e. The zero-order valence-corrected chi connectivity index (χ0v) is 16.2. The average molecular weight is 396 g/mol. The molecule has 0 amide bonds. The number of nitrogens with zero attached hydrogens (tertiary/aromatic N) is 3. The number of rotatable bonds is 5. The van der Waals surface area contributed by atoms with E-state index in [2.05, 4.69) is 16.7 Å². The van der Waals surface area contributed by atoms with Crippen LogP contribution in [0.2, 0.25) is 0 Å². The lowest BCUT2D eigenvalue weighted by Gasteiger charge is -2.12. The van der Waals surface area contributed by atoms with Crippen LogP contribution in [0.1, 0.15) is 5.56 Å². The van der Waals surface area contributed by atoms with E-state index in [0.717, 1.165) is 22.0 Å². The van der Waals surface area contributed by atoms with Crippen LogP contribution in [0.4, 0.5) is 0 Å². The molecule has 0 fully saturated rings. The van der Waals surface area contributed by atoms with E-state index in [9.17, 15) is 0 Å². The van der Waals surface area contributed by atoms with Crippen LogP contribution in [-0.2, 0) is 0 Å². The summed E-state index contributed by atoms with van der Waals surface area (Å²) >= 11 is 0. The van der Waals surface area contributed by atoms with E-state index < -0.39 is 0 Å². The third-order valence-corrected chi connectivity index (χ3v) is 4.60. The molecule has 4 rings (SSSR count). The Bertz CT molecular complexity index is 1310. The summed E-state index contributed by atoms with van der Waals surface area (Å²) in [5, 5.41) is 21.7. The number of aromatic nitrogens is 3. The van der Waals surface area contributed by atoms with Gasteiger partial charge in [0.2, 0.25) is 0 Å². The fourth-order valence-electron chi connectivity index (χ4n) is 3.05. The van der Waals surface area contributed by atoms with Crippen molar-refractivity contribution in [2.24, 2.45) is 5.73 Å². The molecule has 7 nitrogen and oxygen atoms in total. The molecule has 7 heteroatoms. The van der Waals surface area contributed by atoms with E-state index in [0.29, 0.717) is 17.1 Å². The Morgan fingerprint density at radius 3 is 2.63 bits per heavy atom. The van der Waals surface area contributed by atoms with Crippen molar-refractivity contribution in [3.8, 4) is 17.0 Å². The number of pyridine rings is 1. The minimum absolute atomic E-state index is 0.0494. The fraction of sp³-hybridized carbons (Fsp3) is 0.0435. The van der Waals surface area contributed by atoms with E-state index in [1.54, 1.807) is 24.4 Å². The van der Waals surface area contributed by atoms with Gasteiger partial charge in [0.1, 0.15) is 17.8 Å². The van der Waals surface area contributed by atoms with Crippen molar-refractivity contribution in [3.63, 3.8) is 0 Å². The van der Waals surface area contributed by atoms with Crippen LogP contribution in [0, 0.1) is 10.8 Å². The lowest BCUT2D eigenvalue weighted by molar-refractivity contribution is 0.374. The lowest BCUT2D eigenvalue weighted by Crippen LogP contribution is -2.32. The summed E-state index contributed by atoms with van der Waals surface area (Å²) in [6, 6.07) is 20.3. The summed E-state index contributed by atoms with van der Waals surface area (Å²) in [5.74, 6) is 0.639. The van der Waals surface area contributed by atoms with E-state index >= 15 is 0 Å². The number of benzene rings is 2. The summed E-state index contributed by atoms with van der Waals surface area (Å²) in [5.41, 5.74) is 9.46. The Balaban J connectivity index is 1.58. The highest BCUT2D eigenvalue weighted by molar-refractivity contribution is 5.88. The van der Waals surface area contributed by atoms with Crippen molar-refractivity contribution in [3.05, 3.63) is 90.6 Å². The van der Waals surface area contributed by atoms with Gasteiger partial charge in [-0.1, -0.05) is 43.0 Å². The Hall–Kier alpha value is -4.26. The number of ether oxygens (including phenoxy) is 1. The molecule has 4 N–H and O–H groups in total. The van der Waals surface area contributed by atoms with Crippen LogP contribution < -0.4 is 16.0 Å². The van der Waals surface area contributed by atoms with Crippen molar-refractivity contribution < 1.29 is 4.74 Å². The molecule has 30 heavy (non-hydrogen) atoms. The molecule has 0 unspecified atom stereocenters. The average Bonchev–Trinajstić information content (AvgIpc) is 2.77. The van der Waals surface area contributed by atoms with Gasteiger partial charge in [0.15, 0.2) is 5.84 Å². The maximum atomic E-state index is 8.39. The second-order valence-electron chi connectivity index (χ2n) is 6.68. The van der Waals surface area contributed by atoms with Crippen LogP contribution >= 0.6 is 0 Å². The number of fused-ring (bicyclic) bond motifs is 1. The molecule has 2 aromatic carbocycles. The first kappa shape index (κ1) is 19.1. The second-order valence-corrected chi connectivity index (χ2v) is 6.68. The quantitative estimate of drug-likeness (QED) is 0.354. The molecule has 0 spiro atoms. The first-order valence-electron chi connectivity index (χ1n) is 9.27. The SMILES string of the molecule is C=C(N)c1ccc2c(OCC(=N)n3nc(-c4ccccc4)ccc3=N)ccnc2c1. The summed E-state index contributed by atoms with van der Waals surface area (Å²) in [7, 11) is 0. The van der Waals surface area contributed by atoms with Crippen molar-refractivity contribution in [2.75, 3.05) is 6.61 Å². The predicted octanol–water partition coefficient (Wildman–Crippen LogP) is 3.41. The molecule has 0 bridgehead atoms. The highest BCUT2D eigenvalue weighted by Gasteiger charge is 2.10. The van der Waals surface area contributed by atoms with Gasteiger partial charge in [-0.05, 0) is 35.9 Å². The Kier molecular flexibility index (Phi) is 5.09. The highest BCUT2D eigenvalue weighted by atomic mass is 16.5. The molecule has 0 saturated heterocycles. The highest BCUT2D eigenvalue weighted by Crippen LogP contribution is 2.25. The third kappa shape index (κ3) is 3.81. The molecular formula is C23H20N6O.